The van der Waals surface area contributed by atoms with Crippen LogP contribution in [-0.4, -0.2) is 34.0 Å². The molecule has 2 aliphatic rings. The van der Waals surface area contributed by atoms with Gasteiger partial charge < -0.3 is 5.11 Å². The molecule has 0 fully saturated rings. The van der Waals surface area contributed by atoms with E-state index in [1.165, 1.54) is 11.0 Å². The summed E-state index contributed by atoms with van der Waals surface area (Å²) >= 11 is 0. The number of aryl methyl sites for hydroxylation is 2. The zero-order valence-corrected chi connectivity index (χ0v) is 27.4. The first kappa shape index (κ1) is 32.0. The van der Waals surface area contributed by atoms with Crippen molar-refractivity contribution in [2.75, 3.05) is 9.80 Å². The summed E-state index contributed by atoms with van der Waals surface area (Å²) in [5.74, 6) is -4.01. The van der Waals surface area contributed by atoms with E-state index in [-0.39, 0.29) is 22.5 Å². The molecule has 0 aliphatic carbocycles. The third kappa shape index (κ3) is 5.16. The first-order chi connectivity index (χ1) is 24.2. The van der Waals surface area contributed by atoms with Gasteiger partial charge in [-0.2, -0.15) is 0 Å². The quantitative estimate of drug-likeness (QED) is 0.136. The van der Waals surface area contributed by atoms with Crippen LogP contribution in [0.2, 0.25) is 0 Å². The minimum absolute atomic E-state index is 0.130. The molecule has 50 heavy (non-hydrogen) atoms. The Morgan fingerprint density at radius 3 is 1.74 bits per heavy atom. The number of aliphatic hydroxyl groups excluding tert-OH is 1. The van der Waals surface area contributed by atoms with E-state index in [4.69, 9.17) is 0 Å². The lowest BCUT2D eigenvalue weighted by atomic mass is 9.77. The van der Waals surface area contributed by atoms with Crippen LogP contribution in [0.4, 0.5) is 11.4 Å². The molecule has 0 radical (unpaired) electrons. The van der Waals surface area contributed by atoms with E-state index < -0.39 is 40.3 Å². The fraction of sp³-hybridized carbons (Fsp3) is 0.0698. The summed E-state index contributed by atoms with van der Waals surface area (Å²) in [4.78, 5) is 62.4. The predicted octanol–water partition coefficient (Wildman–Crippen LogP) is 7.82. The van der Waals surface area contributed by atoms with E-state index in [0.717, 1.165) is 16.0 Å². The smallest absolute Gasteiger partial charge is 0.295 e. The van der Waals surface area contributed by atoms with Crippen LogP contribution < -0.4 is 9.80 Å². The summed E-state index contributed by atoms with van der Waals surface area (Å²) in [5, 5.41) is 11.8. The molecular weight excluding hydrogens is 624 g/mol. The Bertz CT molecular complexity index is 2240. The lowest BCUT2D eigenvalue weighted by molar-refractivity contribution is -0.123. The number of hydrogen-bond acceptors (Lipinski definition) is 5. The molecule has 0 aromatic heterocycles. The van der Waals surface area contributed by atoms with Crippen molar-refractivity contribution < 1.29 is 24.3 Å². The van der Waals surface area contributed by atoms with Crippen molar-refractivity contribution in [1.82, 2.24) is 0 Å². The molecule has 244 valence electrons. The largest absolute Gasteiger partial charge is 0.503 e. The summed E-state index contributed by atoms with van der Waals surface area (Å²) in [7, 11) is 0. The van der Waals surface area contributed by atoms with Gasteiger partial charge in [-0.25, -0.2) is 0 Å². The highest BCUT2D eigenvalue weighted by Crippen LogP contribution is 2.54. The lowest BCUT2D eigenvalue weighted by Crippen LogP contribution is -2.58. The number of benzene rings is 5. The van der Waals surface area contributed by atoms with Crippen molar-refractivity contribution in [1.29, 1.82) is 0 Å². The number of anilines is 2. The standard InChI is InChI=1S/C43H32N2O5/c1-28-18-23-33(24-19-28)44-38(31-14-8-4-9-15-31)37(39(47)32-16-10-5-11-17-32)43(42(44)50)36(35(46)27-22-30-12-6-3-7-13-30)40(48)41(49)45(43)34-25-20-29(2)21-26-34/h3-27,48H,1-2H3. The molecule has 0 bridgehead atoms. The number of amides is 2. The topological polar surface area (TPSA) is 95.0 Å². The normalized spacial score (nSPS) is 17.5. The third-order valence-corrected chi connectivity index (χ3v) is 9.04. The van der Waals surface area contributed by atoms with Crippen LogP contribution in [0.15, 0.2) is 163 Å². The Morgan fingerprint density at radius 2 is 1.16 bits per heavy atom. The van der Waals surface area contributed by atoms with Gasteiger partial charge in [-0.1, -0.05) is 132 Å². The third-order valence-electron chi connectivity index (χ3n) is 9.04. The van der Waals surface area contributed by atoms with Crippen molar-refractivity contribution in [3.05, 3.63) is 190 Å². The molecular formula is C43H32N2O5. The molecule has 7 heteroatoms. The number of allylic oxidation sites excluding steroid dienone is 1. The number of aliphatic hydroxyl groups is 1. The van der Waals surface area contributed by atoms with Crippen LogP contribution in [0.25, 0.3) is 11.8 Å². The number of carbonyl (C=O) groups excluding carboxylic acids is 4. The molecule has 1 spiro atoms. The molecule has 5 aromatic rings. The van der Waals surface area contributed by atoms with Crippen molar-refractivity contribution in [2.45, 2.75) is 19.4 Å². The van der Waals surface area contributed by atoms with Crippen LogP contribution in [0.1, 0.15) is 32.6 Å². The number of Topliss-reactive ketones (excluding diaryl/α,β-unsaturated/α-hetero) is 1. The average molecular weight is 657 g/mol. The monoisotopic (exact) mass is 656 g/mol. The minimum atomic E-state index is -2.39. The fourth-order valence-corrected chi connectivity index (χ4v) is 6.68. The summed E-state index contributed by atoms with van der Waals surface area (Å²) < 4.78 is 0. The maximum Gasteiger partial charge on any atom is 0.295 e. The van der Waals surface area contributed by atoms with E-state index in [9.17, 15) is 14.7 Å². The van der Waals surface area contributed by atoms with Gasteiger partial charge in [0.05, 0.1) is 16.8 Å². The Kier molecular flexibility index (Phi) is 8.17. The van der Waals surface area contributed by atoms with E-state index in [1.54, 1.807) is 109 Å². The maximum atomic E-state index is 15.7. The van der Waals surface area contributed by atoms with Gasteiger partial charge in [0, 0.05) is 16.9 Å². The van der Waals surface area contributed by atoms with Crippen molar-refractivity contribution in [3.63, 3.8) is 0 Å². The minimum Gasteiger partial charge on any atom is -0.503 e. The van der Waals surface area contributed by atoms with E-state index in [0.29, 0.717) is 16.8 Å². The molecule has 7 rings (SSSR count). The van der Waals surface area contributed by atoms with E-state index in [1.807, 2.05) is 50.2 Å². The second-order valence-electron chi connectivity index (χ2n) is 12.3. The van der Waals surface area contributed by atoms with Crippen molar-refractivity contribution >= 4 is 46.5 Å². The van der Waals surface area contributed by atoms with Crippen molar-refractivity contribution in [2.24, 2.45) is 0 Å². The highest BCUT2D eigenvalue weighted by atomic mass is 16.3. The van der Waals surface area contributed by atoms with Gasteiger partial charge in [0.2, 0.25) is 0 Å². The molecule has 0 saturated carbocycles. The van der Waals surface area contributed by atoms with Gasteiger partial charge in [-0.3, -0.25) is 29.0 Å². The van der Waals surface area contributed by atoms with Crippen LogP contribution in [0, 0.1) is 13.8 Å². The molecule has 1 unspecified atom stereocenters. The number of carbonyl (C=O) groups is 4. The average Bonchev–Trinajstić information content (AvgIpc) is 3.54. The molecule has 2 aliphatic heterocycles. The second-order valence-corrected chi connectivity index (χ2v) is 12.3. The summed E-state index contributed by atoms with van der Waals surface area (Å²) in [6.45, 7) is 3.79. The SMILES string of the molecule is Cc1ccc(N2C(=O)C3(C(C(=O)C=Cc4ccccc4)=C(O)C(=O)N3c3ccc(C)cc3)C(C(=O)c3ccccc3)=C2c2ccccc2)cc1. The highest BCUT2D eigenvalue weighted by molar-refractivity contribution is 6.40. The lowest BCUT2D eigenvalue weighted by Gasteiger charge is -2.37. The first-order valence-corrected chi connectivity index (χ1v) is 16.2. The molecule has 7 nitrogen and oxygen atoms in total. The molecule has 0 saturated heterocycles. The Balaban J connectivity index is 1.61. The number of nitrogens with zero attached hydrogens (tertiary/aromatic N) is 2. The Morgan fingerprint density at radius 1 is 0.640 bits per heavy atom. The number of hydrogen-bond donors (Lipinski definition) is 1. The fourth-order valence-electron chi connectivity index (χ4n) is 6.68. The first-order valence-electron chi connectivity index (χ1n) is 16.2. The van der Waals surface area contributed by atoms with Crippen molar-refractivity contribution in [3.8, 4) is 0 Å². The maximum absolute atomic E-state index is 15.7. The number of rotatable bonds is 8. The van der Waals surface area contributed by atoms with Crippen LogP contribution >= 0.6 is 0 Å². The summed E-state index contributed by atoms with van der Waals surface area (Å²) in [6, 6.07) is 40.4. The molecule has 1 atom stereocenters. The molecule has 5 aromatic carbocycles. The van der Waals surface area contributed by atoms with E-state index >= 15 is 9.59 Å². The molecule has 2 heterocycles. The van der Waals surface area contributed by atoms with Crippen LogP contribution in [-0.2, 0) is 14.4 Å². The van der Waals surface area contributed by atoms with Gasteiger partial charge >= 0.3 is 0 Å². The van der Waals surface area contributed by atoms with Gasteiger partial charge in [0.25, 0.3) is 11.8 Å². The van der Waals surface area contributed by atoms with Gasteiger partial charge in [-0.05, 0) is 55.3 Å². The Labute approximate surface area is 289 Å². The van der Waals surface area contributed by atoms with Gasteiger partial charge in [0.1, 0.15) is 0 Å². The van der Waals surface area contributed by atoms with Crippen LogP contribution in [0.5, 0.6) is 0 Å². The molecule has 1 N–H and O–H groups in total. The Hall–Kier alpha value is -6.60. The van der Waals surface area contributed by atoms with Gasteiger partial charge in [0.15, 0.2) is 22.9 Å². The predicted molar refractivity (Wildman–Crippen MR) is 194 cm³/mol. The zero-order valence-electron chi connectivity index (χ0n) is 27.4. The molecule has 2 amide bonds. The summed E-state index contributed by atoms with van der Waals surface area (Å²) in [5.41, 5.74) is 1.09. The number of ketones is 2. The summed E-state index contributed by atoms with van der Waals surface area (Å²) in [6.07, 6.45) is 2.77. The van der Waals surface area contributed by atoms with Gasteiger partial charge in [-0.15, -0.1) is 0 Å². The highest BCUT2D eigenvalue weighted by Gasteiger charge is 2.69. The van der Waals surface area contributed by atoms with Crippen LogP contribution in [0.3, 0.4) is 0 Å². The second kappa shape index (κ2) is 12.8. The van der Waals surface area contributed by atoms with E-state index in [2.05, 4.69) is 0 Å². The zero-order chi connectivity index (χ0) is 35.0.